The molecule has 0 atom stereocenters. The maximum atomic E-state index is 13.1. The number of hydrogen-bond donors (Lipinski definition) is 2. The molecule has 0 heterocycles. The summed E-state index contributed by atoms with van der Waals surface area (Å²) in [7, 11) is 1.69. The van der Waals surface area contributed by atoms with Crippen LogP contribution in [0.1, 0.15) is 6.42 Å². The van der Waals surface area contributed by atoms with Crippen molar-refractivity contribution >= 4 is 11.6 Å². The van der Waals surface area contributed by atoms with Gasteiger partial charge in [-0.3, -0.25) is 4.79 Å². The lowest BCUT2D eigenvalue weighted by molar-refractivity contribution is -0.116. The Kier molecular flexibility index (Phi) is 4.17. The van der Waals surface area contributed by atoms with Crippen LogP contribution in [0.3, 0.4) is 0 Å². The van der Waals surface area contributed by atoms with Crippen LogP contribution in [0.5, 0.6) is 0 Å². The number of carbonyl (C=O) groups excluding carboxylic acids is 1. The predicted molar refractivity (Wildman–Crippen MR) is 53.5 cm³/mol. The maximum absolute atomic E-state index is 13.1. The molecule has 15 heavy (non-hydrogen) atoms. The molecule has 1 rings (SSSR count). The zero-order valence-electron chi connectivity index (χ0n) is 8.31. The summed E-state index contributed by atoms with van der Waals surface area (Å²) in [4.78, 5) is 11.2. The standard InChI is InChI=1S/C10H12F2N2O/c1-13-6-5-9(15)14-10-7(11)3-2-4-8(10)12/h2-4,13H,5-6H2,1H3,(H,14,15). The van der Waals surface area contributed by atoms with Crippen LogP contribution in [0, 0.1) is 11.6 Å². The van der Waals surface area contributed by atoms with E-state index >= 15 is 0 Å². The second-order valence-corrected chi connectivity index (χ2v) is 3.00. The summed E-state index contributed by atoms with van der Waals surface area (Å²) in [5.41, 5.74) is -0.390. The van der Waals surface area contributed by atoms with Gasteiger partial charge in [-0.1, -0.05) is 6.07 Å². The van der Waals surface area contributed by atoms with Crippen LogP contribution in [-0.4, -0.2) is 19.5 Å². The van der Waals surface area contributed by atoms with Crippen molar-refractivity contribution in [2.75, 3.05) is 18.9 Å². The fourth-order valence-corrected chi connectivity index (χ4v) is 1.06. The molecule has 0 unspecified atom stereocenters. The zero-order valence-corrected chi connectivity index (χ0v) is 8.31. The van der Waals surface area contributed by atoms with Gasteiger partial charge in [0.2, 0.25) is 5.91 Å². The fraction of sp³-hybridized carbons (Fsp3) is 0.300. The van der Waals surface area contributed by atoms with Crippen LogP contribution < -0.4 is 10.6 Å². The fourth-order valence-electron chi connectivity index (χ4n) is 1.06. The van der Waals surface area contributed by atoms with Gasteiger partial charge in [0.05, 0.1) is 0 Å². The van der Waals surface area contributed by atoms with Crippen molar-refractivity contribution in [2.24, 2.45) is 0 Å². The molecule has 0 saturated heterocycles. The molecule has 2 N–H and O–H groups in total. The number of benzene rings is 1. The number of anilines is 1. The van der Waals surface area contributed by atoms with Gasteiger partial charge in [-0.2, -0.15) is 0 Å². The third-order valence-electron chi connectivity index (χ3n) is 1.83. The first-order valence-corrected chi connectivity index (χ1v) is 4.53. The number of hydrogen-bond acceptors (Lipinski definition) is 2. The van der Waals surface area contributed by atoms with Crippen molar-refractivity contribution in [3.05, 3.63) is 29.8 Å². The SMILES string of the molecule is CNCCC(=O)Nc1c(F)cccc1F. The zero-order chi connectivity index (χ0) is 11.3. The average Bonchev–Trinajstić information content (AvgIpc) is 2.21. The number of halogens is 2. The summed E-state index contributed by atoms with van der Waals surface area (Å²) in [5.74, 6) is -1.96. The molecule has 0 spiro atoms. The highest BCUT2D eigenvalue weighted by atomic mass is 19.1. The molecule has 0 saturated carbocycles. The Labute approximate surface area is 86.5 Å². The highest BCUT2D eigenvalue weighted by molar-refractivity contribution is 5.91. The van der Waals surface area contributed by atoms with Gasteiger partial charge in [-0.25, -0.2) is 8.78 Å². The van der Waals surface area contributed by atoms with Crippen LogP contribution in [0.2, 0.25) is 0 Å². The minimum Gasteiger partial charge on any atom is -0.321 e. The summed E-state index contributed by atoms with van der Waals surface area (Å²) in [6.45, 7) is 0.460. The Bertz CT molecular complexity index is 335. The molecule has 0 aliphatic rings. The van der Waals surface area contributed by atoms with Crippen molar-refractivity contribution < 1.29 is 13.6 Å². The molecule has 1 aromatic carbocycles. The molecule has 0 aliphatic heterocycles. The van der Waals surface area contributed by atoms with Gasteiger partial charge in [0.25, 0.3) is 0 Å². The largest absolute Gasteiger partial charge is 0.321 e. The molecule has 0 aromatic heterocycles. The molecule has 1 amide bonds. The van der Waals surface area contributed by atoms with Crippen LogP contribution in [0.4, 0.5) is 14.5 Å². The molecule has 5 heteroatoms. The quantitative estimate of drug-likeness (QED) is 0.797. The molecule has 0 bridgehead atoms. The summed E-state index contributed by atoms with van der Waals surface area (Å²) in [5, 5.41) is 4.95. The van der Waals surface area contributed by atoms with Gasteiger partial charge in [-0.15, -0.1) is 0 Å². The van der Waals surface area contributed by atoms with E-state index in [0.29, 0.717) is 6.54 Å². The number of amides is 1. The van der Waals surface area contributed by atoms with E-state index in [2.05, 4.69) is 10.6 Å². The number of rotatable bonds is 4. The lowest BCUT2D eigenvalue weighted by Crippen LogP contribution is -2.19. The second-order valence-electron chi connectivity index (χ2n) is 3.00. The van der Waals surface area contributed by atoms with E-state index in [1.165, 1.54) is 6.07 Å². The summed E-state index contributed by atoms with van der Waals surface area (Å²) < 4.78 is 26.1. The second kappa shape index (κ2) is 5.41. The van der Waals surface area contributed by atoms with Gasteiger partial charge in [0.15, 0.2) is 0 Å². The number of carbonyl (C=O) groups is 1. The van der Waals surface area contributed by atoms with Crippen molar-refractivity contribution in [1.29, 1.82) is 0 Å². The van der Waals surface area contributed by atoms with Gasteiger partial charge >= 0.3 is 0 Å². The normalized spacial score (nSPS) is 10.1. The molecular weight excluding hydrogens is 202 g/mol. The Hall–Kier alpha value is -1.49. The van der Waals surface area contributed by atoms with E-state index < -0.39 is 23.2 Å². The molecule has 3 nitrogen and oxygen atoms in total. The molecule has 0 aliphatic carbocycles. The first kappa shape index (κ1) is 11.6. The summed E-state index contributed by atoms with van der Waals surface area (Å²) >= 11 is 0. The molecule has 0 radical (unpaired) electrons. The van der Waals surface area contributed by atoms with Gasteiger partial charge in [0, 0.05) is 13.0 Å². The smallest absolute Gasteiger partial charge is 0.225 e. The Morgan fingerprint density at radius 1 is 1.33 bits per heavy atom. The van der Waals surface area contributed by atoms with Crippen molar-refractivity contribution in [3.63, 3.8) is 0 Å². The molecule has 1 aromatic rings. The van der Waals surface area contributed by atoms with Crippen molar-refractivity contribution in [3.8, 4) is 0 Å². The van der Waals surface area contributed by atoms with Crippen molar-refractivity contribution in [1.82, 2.24) is 5.32 Å². The van der Waals surface area contributed by atoms with E-state index in [4.69, 9.17) is 0 Å². The van der Waals surface area contributed by atoms with E-state index in [1.807, 2.05) is 0 Å². The van der Waals surface area contributed by atoms with Gasteiger partial charge < -0.3 is 10.6 Å². The Morgan fingerprint density at radius 3 is 2.47 bits per heavy atom. The van der Waals surface area contributed by atoms with E-state index in [1.54, 1.807) is 7.05 Å². The highest BCUT2D eigenvalue weighted by Gasteiger charge is 2.10. The third-order valence-corrected chi connectivity index (χ3v) is 1.83. The van der Waals surface area contributed by atoms with Gasteiger partial charge in [-0.05, 0) is 19.2 Å². The lowest BCUT2D eigenvalue weighted by Gasteiger charge is -2.06. The summed E-state index contributed by atoms with van der Waals surface area (Å²) in [6.07, 6.45) is 0.171. The first-order chi connectivity index (χ1) is 7.15. The Morgan fingerprint density at radius 2 is 1.93 bits per heavy atom. The highest BCUT2D eigenvalue weighted by Crippen LogP contribution is 2.17. The average molecular weight is 214 g/mol. The minimum atomic E-state index is -0.771. The van der Waals surface area contributed by atoms with Crippen LogP contribution in [0.15, 0.2) is 18.2 Å². The monoisotopic (exact) mass is 214 g/mol. The summed E-state index contributed by atoms with van der Waals surface area (Å²) in [6, 6.07) is 3.43. The predicted octanol–water partition coefficient (Wildman–Crippen LogP) is 1.51. The lowest BCUT2D eigenvalue weighted by atomic mass is 10.2. The van der Waals surface area contributed by atoms with Crippen LogP contribution in [-0.2, 0) is 4.79 Å². The maximum Gasteiger partial charge on any atom is 0.225 e. The van der Waals surface area contributed by atoms with Crippen LogP contribution in [0.25, 0.3) is 0 Å². The molecule has 82 valence electrons. The van der Waals surface area contributed by atoms with Crippen molar-refractivity contribution in [2.45, 2.75) is 6.42 Å². The third kappa shape index (κ3) is 3.28. The van der Waals surface area contributed by atoms with E-state index in [0.717, 1.165) is 12.1 Å². The number of nitrogens with one attached hydrogen (secondary N) is 2. The topological polar surface area (TPSA) is 41.1 Å². The molecular formula is C10H12F2N2O. The van der Waals surface area contributed by atoms with E-state index in [-0.39, 0.29) is 6.42 Å². The Balaban J connectivity index is 2.68. The van der Waals surface area contributed by atoms with Crippen LogP contribution >= 0.6 is 0 Å². The first-order valence-electron chi connectivity index (χ1n) is 4.53. The van der Waals surface area contributed by atoms with E-state index in [9.17, 15) is 13.6 Å². The molecule has 0 fully saturated rings. The van der Waals surface area contributed by atoms with Gasteiger partial charge in [0.1, 0.15) is 17.3 Å². The minimum absolute atomic E-state index is 0.171. The number of para-hydroxylation sites is 1.